The molecule has 5 nitrogen and oxygen atoms in total. The molecule has 6 heteroatoms. The normalized spacial score (nSPS) is 18.1. The van der Waals surface area contributed by atoms with E-state index in [4.69, 9.17) is 11.5 Å². The molecular formula is C14H22BrN5. The van der Waals surface area contributed by atoms with Gasteiger partial charge in [0, 0.05) is 5.69 Å². The molecular weight excluding hydrogens is 318 g/mol. The van der Waals surface area contributed by atoms with Gasteiger partial charge in [-0.25, -0.2) is 4.99 Å². The number of aryl methyl sites for hydroxylation is 2. The van der Waals surface area contributed by atoms with Crippen molar-refractivity contribution in [3.8, 4) is 0 Å². The van der Waals surface area contributed by atoms with Gasteiger partial charge in [0.05, 0.1) is 0 Å². The number of anilines is 1. The highest BCUT2D eigenvalue weighted by Gasteiger charge is 2.25. The van der Waals surface area contributed by atoms with Crippen LogP contribution in [-0.2, 0) is 0 Å². The fraction of sp³-hybridized carbons (Fsp3) is 0.429. The van der Waals surface area contributed by atoms with Crippen LogP contribution < -0.4 is 16.4 Å². The monoisotopic (exact) mass is 339 g/mol. The zero-order valence-electron chi connectivity index (χ0n) is 12.1. The molecule has 4 N–H and O–H groups in total. The standard InChI is InChI=1S/C14H21N5.BrH/c1-4-5-12-17-13(15)18-14(16)19(12)11-7-6-9(2)10(3)8-11;/h6-8,12H,4-5H2,1-3H3,(H4,15,16,17,18);1H. The third-order valence-corrected chi connectivity index (χ3v) is 3.37. The van der Waals surface area contributed by atoms with Crippen molar-refractivity contribution in [1.29, 1.82) is 0 Å². The van der Waals surface area contributed by atoms with Gasteiger partial charge in [-0.15, -0.1) is 17.0 Å². The van der Waals surface area contributed by atoms with E-state index >= 15 is 0 Å². The Morgan fingerprint density at radius 1 is 1.20 bits per heavy atom. The first-order valence-corrected chi connectivity index (χ1v) is 6.57. The van der Waals surface area contributed by atoms with Crippen LogP contribution in [0, 0.1) is 13.8 Å². The Bertz CT molecular complexity index is 538. The van der Waals surface area contributed by atoms with Crippen molar-refractivity contribution in [2.75, 3.05) is 4.90 Å². The van der Waals surface area contributed by atoms with Gasteiger partial charge in [0.15, 0.2) is 0 Å². The smallest absolute Gasteiger partial charge is 0.220 e. The van der Waals surface area contributed by atoms with Crippen LogP contribution in [0.2, 0.25) is 0 Å². The summed E-state index contributed by atoms with van der Waals surface area (Å²) in [5.41, 5.74) is 15.2. The summed E-state index contributed by atoms with van der Waals surface area (Å²) in [6, 6.07) is 6.24. The molecule has 2 rings (SSSR count). The summed E-state index contributed by atoms with van der Waals surface area (Å²) in [7, 11) is 0. The van der Waals surface area contributed by atoms with E-state index in [-0.39, 0.29) is 29.1 Å². The Kier molecular flexibility index (Phi) is 5.56. The van der Waals surface area contributed by atoms with Crippen LogP contribution in [0.5, 0.6) is 0 Å². The van der Waals surface area contributed by atoms with E-state index in [0.29, 0.717) is 5.96 Å². The number of nitrogens with zero attached hydrogens (tertiary/aromatic N) is 3. The summed E-state index contributed by atoms with van der Waals surface area (Å²) in [6.45, 7) is 6.29. The minimum Gasteiger partial charge on any atom is -0.369 e. The molecule has 0 saturated carbocycles. The molecule has 1 aromatic rings. The second kappa shape index (κ2) is 6.74. The highest BCUT2D eigenvalue weighted by atomic mass is 79.9. The predicted molar refractivity (Wildman–Crippen MR) is 90.7 cm³/mol. The topological polar surface area (TPSA) is 80.0 Å². The fourth-order valence-corrected chi connectivity index (χ4v) is 2.19. The summed E-state index contributed by atoms with van der Waals surface area (Å²) in [4.78, 5) is 10.4. The van der Waals surface area contributed by atoms with E-state index in [1.54, 1.807) is 0 Å². The number of guanidine groups is 2. The highest BCUT2D eigenvalue weighted by molar-refractivity contribution is 8.93. The van der Waals surface area contributed by atoms with Crippen molar-refractivity contribution >= 4 is 34.6 Å². The number of aliphatic imine (C=N–C) groups is 2. The second-order valence-electron chi connectivity index (χ2n) is 4.87. The number of nitrogens with two attached hydrogens (primary N) is 2. The van der Waals surface area contributed by atoms with Gasteiger partial charge in [-0.3, -0.25) is 4.90 Å². The van der Waals surface area contributed by atoms with E-state index < -0.39 is 0 Å². The number of halogens is 1. The minimum atomic E-state index is -0.0652. The number of rotatable bonds is 3. The van der Waals surface area contributed by atoms with Crippen molar-refractivity contribution in [3.05, 3.63) is 29.3 Å². The lowest BCUT2D eigenvalue weighted by atomic mass is 10.1. The van der Waals surface area contributed by atoms with Gasteiger partial charge in [-0.1, -0.05) is 19.4 Å². The number of hydrogen-bond donors (Lipinski definition) is 2. The summed E-state index contributed by atoms with van der Waals surface area (Å²) < 4.78 is 0. The fourth-order valence-electron chi connectivity index (χ4n) is 2.19. The lowest BCUT2D eigenvalue weighted by molar-refractivity contribution is 0.612. The molecule has 1 aromatic carbocycles. The highest BCUT2D eigenvalue weighted by Crippen LogP contribution is 2.24. The third-order valence-electron chi connectivity index (χ3n) is 3.37. The average molecular weight is 340 g/mol. The molecule has 1 aliphatic rings. The molecule has 1 aliphatic heterocycles. The molecule has 0 aromatic heterocycles. The van der Waals surface area contributed by atoms with Crippen LogP contribution in [0.1, 0.15) is 30.9 Å². The molecule has 20 heavy (non-hydrogen) atoms. The van der Waals surface area contributed by atoms with Crippen molar-refractivity contribution < 1.29 is 0 Å². The van der Waals surface area contributed by atoms with Gasteiger partial charge < -0.3 is 11.5 Å². The molecule has 0 radical (unpaired) electrons. The maximum Gasteiger partial charge on any atom is 0.220 e. The summed E-state index contributed by atoms with van der Waals surface area (Å²) in [5.74, 6) is 0.672. The average Bonchev–Trinajstić information content (AvgIpc) is 2.33. The molecule has 1 heterocycles. The third kappa shape index (κ3) is 3.30. The lowest BCUT2D eigenvalue weighted by Crippen LogP contribution is -2.48. The Morgan fingerprint density at radius 2 is 1.90 bits per heavy atom. The zero-order chi connectivity index (χ0) is 14.0. The molecule has 0 spiro atoms. The van der Waals surface area contributed by atoms with Gasteiger partial charge in [-0.2, -0.15) is 4.99 Å². The van der Waals surface area contributed by atoms with Gasteiger partial charge in [-0.05, 0) is 43.5 Å². The quantitative estimate of drug-likeness (QED) is 0.887. The lowest BCUT2D eigenvalue weighted by Gasteiger charge is -2.32. The van der Waals surface area contributed by atoms with Crippen molar-refractivity contribution in [2.45, 2.75) is 39.8 Å². The summed E-state index contributed by atoms with van der Waals surface area (Å²) in [6.07, 6.45) is 1.84. The number of benzene rings is 1. The van der Waals surface area contributed by atoms with Crippen molar-refractivity contribution in [3.63, 3.8) is 0 Å². The molecule has 1 atom stereocenters. The maximum atomic E-state index is 6.03. The van der Waals surface area contributed by atoms with Crippen LogP contribution >= 0.6 is 17.0 Å². The molecule has 0 aliphatic carbocycles. The van der Waals surface area contributed by atoms with E-state index in [9.17, 15) is 0 Å². The van der Waals surface area contributed by atoms with Gasteiger partial charge in [0.1, 0.15) is 6.17 Å². The van der Waals surface area contributed by atoms with E-state index in [2.05, 4.69) is 42.9 Å². The van der Waals surface area contributed by atoms with E-state index in [0.717, 1.165) is 18.5 Å². The SMILES string of the molecule is Br.CCCC1N=C(N)N=C(N)N1c1ccc(C)c(C)c1. The second-order valence-corrected chi connectivity index (χ2v) is 4.87. The van der Waals surface area contributed by atoms with Crippen LogP contribution in [0.4, 0.5) is 5.69 Å². The zero-order valence-corrected chi connectivity index (χ0v) is 13.8. The molecule has 0 saturated heterocycles. The van der Waals surface area contributed by atoms with Gasteiger partial charge in [0.25, 0.3) is 0 Å². The Morgan fingerprint density at radius 3 is 2.50 bits per heavy atom. The largest absolute Gasteiger partial charge is 0.369 e. The molecule has 0 amide bonds. The van der Waals surface area contributed by atoms with E-state index in [1.165, 1.54) is 11.1 Å². The first-order chi connectivity index (χ1) is 9.02. The Hall–Kier alpha value is -1.56. The first kappa shape index (κ1) is 16.5. The molecule has 0 fully saturated rings. The van der Waals surface area contributed by atoms with Gasteiger partial charge >= 0.3 is 0 Å². The van der Waals surface area contributed by atoms with Crippen LogP contribution in [0.15, 0.2) is 28.2 Å². The Labute approximate surface area is 130 Å². The first-order valence-electron chi connectivity index (χ1n) is 6.57. The molecule has 110 valence electrons. The Balaban J connectivity index is 0.00000200. The molecule has 0 bridgehead atoms. The van der Waals surface area contributed by atoms with Crippen molar-refractivity contribution in [1.82, 2.24) is 0 Å². The van der Waals surface area contributed by atoms with Crippen LogP contribution in [0.25, 0.3) is 0 Å². The minimum absolute atomic E-state index is 0. The van der Waals surface area contributed by atoms with Crippen LogP contribution in [-0.4, -0.2) is 18.1 Å². The molecule has 1 unspecified atom stereocenters. The summed E-state index contributed by atoms with van der Waals surface area (Å²) >= 11 is 0. The summed E-state index contributed by atoms with van der Waals surface area (Å²) in [5, 5.41) is 0. The van der Waals surface area contributed by atoms with Gasteiger partial charge in [0.2, 0.25) is 11.9 Å². The van der Waals surface area contributed by atoms with Crippen molar-refractivity contribution in [2.24, 2.45) is 21.5 Å². The maximum absolute atomic E-state index is 6.03. The predicted octanol–water partition coefficient (Wildman–Crippen LogP) is 2.46. The van der Waals surface area contributed by atoms with E-state index in [1.807, 2.05) is 11.0 Å². The number of hydrogen-bond acceptors (Lipinski definition) is 5. The van der Waals surface area contributed by atoms with Crippen LogP contribution in [0.3, 0.4) is 0 Å².